The van der Waals surface area contributed by atoms with E-state index in [4.69, 9.17) is 8.83 Å². The van der Waals surface area contributed by atoms with Crippen LogP contribution in [0.4, 0.5) is 0 Å². The molecule has 140 valence electrons. The third-order valence-corrected chi connectivity index (χ3v) is 5.96. The first-order valence-electron chi connectivity index (χ1n) is 8.99. The van der Waals surface area contributed by atoms with E-state index in [1.165, 1.54) is 23.7 Å². The zero-order valence-corrected chi connectivity index (χ0v) is 15.9. The van der Waals surface area contributed by atoms with Gasteiger partial charge < -0.3 is 14.2 Å². The third kappa shape index (κ3) is 3.78. The molecule has 1 aliphatic rings. The van der Waals surface area contributed by atoms with Crippen molar-refractivity contribution in [3.8, 4) is 11.5 Å². The molecule has 1 aromatic carbocycles. The molecule has 2 aromatic heterocycles. The highest BCUT2D eigenvalue weighted by Gasteiger charge is 2.38. The fraction of sp³-hybridized carbons (Fsp3) is 0.350. The molecule has 0 spiro atoms. The van der Waals surface area contributed by atoms with Crippen LogP contribution >= 0.6 is 11.8 Å². The second-order valence-electron chi connectivity index (χ2n) is 6.83. The standard InChI is InChI=1S/C20H21N3O3S/c1-14-16(8-11-25-14)18-22-23-19(26-18)27-12-17(24)21-13-20(9-5-10-20)15-6-3-2-4-7-15/h2-4,6-8,11H,5,9-10,12-13H2,1H3,(H,21,24). The Morgan fingerprint density at radius 3 is 2.70 bits per heavy atom. The molecule has 1 saturated carbocycles. The monoisotopic (exact) mass is 383 g/mol. The molecule has 0 aliphatic heterocycles. The molecule has 0 radical (unpaired) electrons. The number of nitrogens with one attached hydrogen (secondary N) is 1. The number of amides is 1. The van der Waals surface area contributed by atoms with E-state index in [-0.39, 0.29) is 17.1 Å². The van der Waals surface area contributed by atoms with Crippen molar-refractivity contribution in [2.24, 2.45) is 0 Å². The van der Waals surface area contributed by atoms with Crippen LogP contribution in [0.3, 0.4) is 0 Å². The van der Waals surface area contributed by atoms with Gasteiger partial charge >= 0.3 is 0 Å². The Morgan fingerprint density at radius 2 is 2.04 bits per heavy atom. The van der Waals surface area contributed by atoms with Gasteiger partial charge in [0.25, 0.3) is 11.1 Å². The van der Waals surface area contributed by atoms with Gasteiger partial charge in [0.2, 0.25) is 5.91 Å². The molecule has 4 rings (SSSR count). The van der Waals surface area contributed by atoms with Gasteiger partial charge in [-0.05, 0) is 31.4 Å². The molecule has 7 heteroatoms. The quantitative estimate of drug-likeness (QED) is 0.622. The topological polar surface area (TPSA) is 81.2 Å². The Hall–Kier alpha value is -2.54. The molecule has 27 heavy (non-hydrogen) atoms. The van der Waals surface area contributed by atoms with E-state index in [2.05, 4.69) is 39.8 Å². The summed E-state index contributed by atoms with van der Waals surface area (Å²) in [7, 11) is 0. The Labute approximate surface area is 161 Å². The van der Waals surface area contributed by atoms with Crippen molar-refractivity contribution in [3.05, 3.63) is 54.0 Å². The SMILES string of the molecule is Cc1occc1-c1nnc(SCC(=O)NCC2(c3ccccc3)CCC2)o1. The summed E-state index contributed by atoms with van der Waals surface area (Å²) >= 11 is 1.24. The predicted molar refractivity (Wildman–Crippen MR) is 102 cm³/mol. The van der Waals surface area contributed by atoms with Crippen LogP contribution < -0.4 is 5.32 Å². The van der Waals surface area contributed by atoms with Crippen LogP contribution in [0, 0.1) is 6.92 Å². The number of benzene rings is 1. The summed E-state index contributed by atoms with van der Waals surface area (Å²) in [4.78, 5) is 12.3. The Balaban J connectivity index is 1.30. The van der Waals surface area contributed by atoms with E-state index < -0.39 is 0 Å². The third-order valence-electron chi connectivity index (χ3n) is 5.14. The highest BCUT2D eigenvalue weighted by molar-refractivity contribution is 7.99. The fourth-order valence-electron chi connectivity index (χ4n) is 3.39. The van der Waals surface area contributed by atoms with Crippen molar-refractivity contribution in [3.63, 3.8) is 0 Å². The van der Waals surface area contributed by atoms with E-state index in [9.17, 15) is 4.79 Å². The van der Waals surface area contributed by atoms with Crippen molar-refractivity contribution >= 4 is 17.7 Å². The van der Waals surface area contributed by atoms with Crippen LogP contribution in [0.2, 0.25) is 0 Å². The first kappa shape index (κ1) is 17.9. The zero-order valence-electron chi connectivity index (χ0n) is 15.1. The number of carbonyl (C=O) groups is 1. The van der Waals surface area contributed by atoms with Gasteiger partial charge in [0, 0.05) is 12.0 Å². The summed E-state index contributed by atoms with van der Waals surface area (Å²) < 4.78 is 10.9. The van der Waals surface area contributed by atoms with Crippen LogP contribution in [-0.4, -0.2) is 28.4 Å². The molecular formula is C20H21N3O3S. The number of rotatable bonds is 7. The average Bonchev–Trinajstić information content (AvgIpc) is 3.28. The molecule has 0 saturated heterocycles. The van der Waals surface area contributed by atoms with E-state index in [1.54, 1.807) is 12.3 Å². The van der Waals surface area contributed by atoms with Crippen LogP contribution in [0.25, 0.3) is 11.5 Å². The summed E-state index contributed by atoms with van der Waals surface area (Å²) in [6.07, 6.45) is 5.01. The normalized spacial score (nSPS) is 15.3. The van der Waals surface area contributed by atoms with Gasteiger partial charge in [-0.1, -0.05) is 48.5 Å². The van der Waals surface area contributed by atoms with Gasteiger partial charge in [-0.15, -0.1) is 10.2 Å². The Kier molecular flexibility index (Phi) is 5.03. The van der Waals surface area contributed by atoms with Gasteiger partial charge in [0.05, 0.1) is 17.6 Å². The predicted octanol–water partition coefficient (Wildman–Crippen LogP) is 3.97. The molecule has 1 aliphatic carbocycles. The summed E-state index contributed by atoms with van der Waals surface area (Å²) in [5.41, 5.74) is 2.16. The number of thioether (sulfide) groups is 1. The molecule has 0 unspecified atom stereocenters. The van der Waals surface area contributed by atoms with Gasteiger partial charge in [-0.2, -0.15) is 0 Å². The van der Waals surface area contributed by atoms with Crippen molar-refractivity contribution in [2.75, 3.05) is 12.3 Å². The van der Waals surface area contributed by atoms with Crippen LogP contribution in [0.1, 0.15) is 30.6 Å². The van der Waals surface area contributed by atoms with Gasteiger partial charge in [0.15, 0.2) is 0 Å². The maximum absolute atomic E-state index is 12.3. The van der Waals surface area contributed by atoms with Gasteiger partial charge in [-0.3, -0.25) is 4.79 Å². The number of furan rings is 1. The summed E-state index contributed by atoms with van der Waals surface area (Å²) in [6.45, 7) is 2.50. The van der Waals surface area contributed by atoms with E-state index in [1.807, 2.05) is 13.0 Å². The highest BCUT2D eigenvalue weighted by atomic mass is 32.2. The molecule has 6 nitrogen and oxygen atoms in total. The lowest BCUT2D eigenvalue weighted by Gasteiger charge is -2.42. The van der Waals surface area contributed by atoms with E-state index in [0.717, 1.165) is 24.2 Å². The van der Waals surface area contributed by atoms with Crippen LogP contribution in [0.5, 0.6) is 0 Å². The number of carbonyl (C=O) groups excluding carboxylic acids is 1. The lowest BCUT2D eigenvalue weighted by atomic mass is 9.64. The molecule has 2 heterocycles. The first-order chi connectivity index (χ1) is 13.2. The van der Waals surface area contributed by atoms with Crippen molar-refractivity contribution in [1.29, 1.82) is 0 Å². The first-order valence-corrected chi connectivity index (χ1v) is 9.98. The van der Waals surface area contributed by atoms with Crippen LogP contribution in [-0.2, 0) is 10.2 Å². The Bertz CT molecular complexity index is 915. The summed E-state index contributed by atoms with van der Waals surface area (Å²) in [5, 5.41) is 11.5. The second kappa shape index (κ2) is 7.60. The largest absolute Gasteiger partial charge is 0.469 e. The zero-order chi connectivity index (χ0) is 18.7. The maximum atomic E-state index is 12.3. The number of nitrogens with zero attached hydrogens (tertiary/aromatic N) is 2. The molecule has 0 bridgehead atoms. The summed E-state index contributed by atoms with van der Waals surface area (Å²) in [5.74, 6) is 1.35. The molecular weight excluding hydrogens is 362 g/mol. The highest BCUT2D eigenvalue weighted by Crippen LogP contribution is 2.43. The van der Waals surface area contributed by atoms with E-state index in [0.29, 0.717) is 17.7 Å². The number of hydrogen-bond acceptors (Lipinski definition) is 6. The van der Waals surface area contributed by atoms with Crippen molar-refractivity contribution in [2.45, 2.75) is 36.8 Å². The van der Waals surface area contributed by atoms with Crippen molar-refractivity contribution in [1.82, 2.24) is 15.5 Å². The Morgan fingerprint density at radius 1 is 1.22 bits per heavy atom. The van der Waals surface area contributed by atoms with Crippen molar-refractivity contribution < 1.29 is 13.6 Å². The number of hydrogen-bond donors (Lipinski definition) is 1. The smallest absolute Gasteiger partial charge is 0.277 e. The minimum atomic E-state index is -0.0264. The molecule has 0 atom stereocenters. The molecule has 1 amide bonds. The molecule has 1 N–H and O–H groups in total. The maximum Gasteiger partial charge on any atom is 0.277 e. The summed E-state index contributed by atoms with van der Waals surface area (Å²) in [6, 6.07) is 12.2. The average molecular weight is 383 g/mol. The second-order valence-corrected chi connectivity index (χ2v) is 7.76. The number of aryl methyl sites for hydroxylation is 1. The minimum Gasteiger partial charge on any atom is -0.469 e. The molecule has 1 fully saturated rings. The van der Waals surface area contributed by atoms with E-state index >= 15 is 0 Å². The fourth-order valence-corrected chi connectivity index (χ4v) is 3.99. The molecule has 3 aromatic rings. The van der Waals surface area contributed by atoms with Gasteiger partial charge in [-0.25, -0.2) is 0 Å². The minimum absolute atomic E-state index is 0.0264. The lowest BCUT2D eigenvalue weighted by Crippen LogP contribution is -2.46. The van der Waals surface area contributed by atoms with Gasteiger partial charge in [0.1, 0.15) is 5.76 Å². The van der Waals surface area contributed by atoms with Crippen LogP contribution in [0.15, 0.2) is 56.7 Å². The lowest BCUT2D eigenvalue weighted by molar-refractivity contribution is -0.119. The number of aromatic nitrogens is 2.